The van der Waals surface area contributed by atoms with Gasteiger partial charge in [0.1, 0.15) is 4.90 Å². The Hall–Kier alpha value is -0.980. The Labute approximate surface area is 114 Å². The van der Waals surface area contributed by atoms with Crippen LogP contribution in [0.3, 0.4) is 0 Å². The molecule has 0 saturated heterocycles. The number of rotatable bonds is 0. The first kappa shape index (κ1) is 12.1. The lowest BCUT2D eigenvalue weighted by molar-refractivity contribution is 0.576. The van der Waals surface area contributed by atoms with Gasteiger partial charge in [-0.15, -0.1) is 0 Å². The van der Waals surface area contributed by atoms with Gasteiger partial charge >= 0.3 is 0 Å². The minimum Gasteiger partial charge on any atom is -0.230 e. The zero-order valence-electron chi connectivity index (χ0n) is 9.64. The lowest BCUT2D eigenvalue weighted by atomic mass is 10.2. The van der Waals surface area contributed by atoms with Crippen LogP contribution in [-0.4, -0.2) is 17.4 Å². The van der Waals surface area contributed by atoms with Crippen molar-refractivity contribution >= 4 is 33.4 Å². The Kier molecular flexibility index (Phi) is 2.52. The largest absolute Gasteiger partial charge is 0.271 e. The first-order valence-corrected chi connectivity index (χ1v) is 7.82. The van der Waals surface area contributed by atoms with Crippen molar-refractivity contribution in [2.75, 3.05) is 0 Å². The van der Waals surface area contributed by atoms with Crippen molar-refractivity contribution in [1.29, 1.82) is 0 Å². The average Bonchev–Trinajstić information content (AvgIpc) is 2.58. The second-order valence-electron chi connectivity index (χ2n) is 4.10. The molecule has 1 aliphatic heterocycles. The van der Waals surface area contributed by atoms with Gasteiger partial charge in [0, 0.05) is 9.92 Å². The average molecular weight is 301 g/mol. The predicted molar refractivity (Wildman–Crippen MR) is 69.9 cm³/mol. The second kappa shape index (κ2) is 3.76. The van der Waals surface area contributed by atoms with Gasteiger partial charge in [0.15, 0.2) is 5.16 Å². The van der Waals surface area contributed by atoms with Crippen LogP contribution in [0.4, 0.5) is 0 Å². The number of hydrogen-bond acceptors (Lipinski definition) is 4. The van der Waals surface area contributed by atoms with Crippen molar-refractivity contribution in [3.8, 4) is 0 Å². The van der Waals surface area contributed by atoms with Crippen LogP contribution >= 0.6 is 23.4 Å². The molecule has 0 spiro atoms. The summed E-state index contributed by atoms with van der Waals surface area (Å²) in [6, 6.07) is 3.33. The van der Waals surface area contributed by atoms with E-state index < -0.39 is 10.0 Å². The molecular weight excluding hydrogens is 292 g/mol. The molecule has 0 atom stereocenters. The molecule has 2 heterocycles. The highest BCUT2D eigenvalue weighted by atomic mass is 35.5. The minimum atomic E-state index is -3.56. The fourth-order valence-corrected chi connectivity index (χ4v) is 5.85. The quantitative estimate of drug-likeness (QED) is 0.640. The summed E-state index contributed by atoms with van der Waals surface area (Å²) in [7, 11) is -3.56. The second-order valence-corrected chi connectivity index (χ2v) is 7.27. The number of hydrogen-bond donors (Lipinski definition) is 0. The third kappa shape index (κ3) is 1.52. The van der Waals surface area contributed by atoms with Crippen LogP contribution < -0.4 is 0 Å². The summed E-state index contributed by atoms with van der Waals surface area (Å²) in [5, 5.41) is 0.993. The molecule has 0 amide bonds. The molecule has 4 nitrogen and oxygen atoms in total. The van der Waals surface area contributed by atoms with E-state index in [1.54, 1.807) is 32.2 Å². The van der Waals surface area contributed by atoms with Crippen molar-refractivity contribution in [2.45, 2.75) is 28.8 Å². The maximum absolute atomic E-state index is 12.6. The first-order valence-electron chi connectivity index (χ1n) is 5.19. The molecular formula is C11H9ClN2O2S2. The number of imidazole rings is 1. The summed E-state index contributed by atoms with van der Waals surface area (Å²) in [5.74, 6) is 0. The molecule has 7 heteroatoms. The fraction of sp³-hybridized carbons (Fsp3) is 0.182. The minimum absolute atomic E-state index is 0.325. The maximum atomic E-state index is 12.6. The van der Waals surface area contributed by atoms with Gasteiger partial charge in [0.2, 0.25) is 0 Å². The number of aryl methyl sites for hydroxylation is 2. The summed E-state index contributed by atoms with van der Waals surface area (Å²) in [6.45, 7) is 3.48. The number of benzene rings is 1. The highest BCUT2D eigenvalue weighted by Gasteiger charge is 2.33. The third-order valence-electron chi connectivity index (χ3n) is 2.76. The van der Waals surface area contributed by atoms with E-state index in [1.165, 1.54) is 15.7 Å². The molecule has 3 rings (SSSR count). The molecule has 0 fully saturated rings. The summed E-state index contributed by atoms with van der Waals surface area (Å²) in [6.07, 6.45) is 1.56. The zero-order chi connectivity index (χ0) is 13.1. The van der Waals surface area contributed by atoms with Crippen LogP contribution in [0.5, 0.6) is 0 Å². The SMILES string of the molecule is Cc1cc(Cl)cc2c1S(=O)(=O)n1c(C)cnc1S2. The number of nitrogens with zero attached hydrogens (tertiary/aromatic N) is 2. The van der Waals surface area contributed by atoms with Crippen LogP contribution in [0.25, 0.3) is 0 Å². The van der Waals surface area contributed by atoms with E-state index >= 15 is 0 Å². The van der Waals surface area contributed by atoms with E-state index in [0.717, 1.165) is 0 Å². The van der Waals surface area contributed by atoms with Gasteiger partial charge in [0.25, 0.3) is 10.0 Å². The van der Waals surface area contributed by atoms with Crippen LogP contribution in [0.1, 0.15) is 11.3 Å². The van der Waals surface area contributed by atoms with Gasteiger partial charge in [-0.3, -0.25) is 0 Å². The van der Waals surface area contributed by atoms with Gasteiger partial charge in [-0.2, -0.15) is 0 Å². The molecule has 0 aliphatic carbocycles. The lowest BCUT2D eigenvalue weighted by Crippen LogP contribution is -2.20. The topological polar surface area (TPSA) is 52.0 Å². The Balaban J connectivity index is 2.41. The van der Waals surface area contributed by atoms with Gasteiger partial charge < -0.3 is 0 Å². The molecule has 0 radical (unpaired) electrons. The van der Waals surface area contributed by atoms with E-state index in [0.29, 0.717) is 31.2 Å². The predicted octanol–water partition coefficient (Wildman–Crippen LogP) is 2.85. The molecule has 18 heavy (non-hydrogen) atoms. The smallest absolute Gasteiger partial charge is 0.230 e. The van der Waals surface area contributed by atoms with Crippen LogP contribution in [0.15, 0.2) is 33.3 Å². The van der Waals surface area contributed by atoms with Crippen LogP contribution in [-0.2, 0) is 10.0 Å². The molecule has 0 saturated carbocycles. The zero-order valence-corrected chi connectivity index (χ0v) is 12.0. The van der Waals surface area contributed by atoms with Crippen LogP contribution in [0.2, 0.25) is 5.02 Å². The summed E-state index contributed by atoms with van der Waals surface area (Å²) in [5.41, 5.74) is 1.27. The lowest BCUT2D eigenvalue weighted by Gasteiger charge is -2.20. The summed E-state index contributed by atoms with van der Waals surface area (Å²) >= 11 is 7.29. The van der Waals surface area contributed by atoms with E-state index in [9.17, 15) is 8.42 Å². The molecule has 0 unspecified atom stereocenters. The van der Waals surface area contributed by atoms with E-state index in [4.69, 9.17) is 11.6 Å². The number of aromatic nitrogens is 2. The van der Waals surface area contributed by atoms with Crippen LogP contribution in [0, 0.1) is 13.8 Å². The van der Waals surface area contributed by atoms with Gasteiger partial charge in [0.05, 0.1) is 11.9 Å². The summed E-state index contributed by atoms with van der Waals surface area (Å²) < 4.78 is 26.4. The molecule has 0 N–H and O–H groups in total. The van der Waals surface area contributed by atoms with Gasteiger partial charge in [-0.25, -0.2) is 17.4 Å². The molecule has 2 aromatic rings. The Morgan fingerprint density at radius 1 is 1.33 bits per heavy atom. The highest BCUT2D eigenvalue weighted by molar-refractivity contribution is 8.01. The Bertz CT molecular complexity index is 766. The maximum Gasteiger partial charge on any atom is 0.271 e. The monoisotopic (exact) mass is 300 g/mol. The van der Waals surface area contributed by atoms with Crippen molar-refractivity contribution in [1.82, 2.24) is 8.96 Å². The molecule has 94 valence electrons. The molecule has 1 aromatic carbocycles. The van der Waals surface area contributed by atoms with E-state index in [1.807, 2.05) is 0 Å². The van der Waals surface area contributed by atoms with Crippen molar-refractivity contribution in [2.24, 2.45) is 0 Å². The van der Waals surface area contributed by atoms with Crippen molar-refractivity contribution in [3.63, 3.8) is 0 Å². The number of fused-ring (bicyclic) bond motifs is 2. The standard InChI is InChI=1S/C11H9ClN2O2S2/c1-6-3-8(12)4-9-10(6)18(15,16)14-7(2)5-13-11(14)17-9/h3-5H,1-2H3. The Morgan fingerprint density at radius 2 is 2.06 bits per heavy atom. The molecule has 1 aliphatic rings. The summed E-state index contributed by atoms with van der Waals surface area (Å²) in [4.78, 5) is 5.08. The van der Waals surface area contributed by atoms with Crippen molar-refractivity contribution < 1.29 is 8.42 Å². The fourth-order valence-electron chi connectivity index (χ4n) is 2.06. The molecule has 0 bridgehead atoms. The Morgan fingerprint density at radius 3 is 2.78 bits per heavy atom. The number of halogens is 1. The molecule has 1 aromatic heterocycles. The van der Waals surface area contributed by atoms with Crippen molar-refractivity contribution in [3.05, 3.63) is 34.6 Å². The van der Waals surface area contributed by atoms with E-state index in [2.05, 4.69) is 4.98 Å². The van der Waals surface area contributed by atoms with E-state index in [-0.39, 0.29) is 0 Å². The normalized spacial score (nSPS) is 16.2. The van der Waals surface area contributed by atoms with Gasteiger partial charge in [-0.1, -0.05) is 11.6 Å². The third-order valence-corrected chi connectivity index (χ3v) is 6.24. The first-order chi connectivity index (χ1) is 8.41. The highest BCUT2D eigenvalue weighted by Crippen LogP contribution is 2.42. The van der Waals surface area contributed by atoms with Gasteiger partial charge in [-0.05, 0) is 43.3 Å².